The van der Waals surface area contributed by atoms with Gasteiger partial charge in [0.25, 0.3) is 0 Å². The Bertz CT molecular complexity index is 2930. The van der Waals surface area contributed by atoms with Crippen LogP contribution in [0.4, 0.5) is 5.82 Å². The summed E-state index contributed by atoms with van der Waals surface area (Å²) in [5, 5.41) is 6.00. The van der Waals surface area contributed by atoms with E-state index < -0.39 is 5.41 Å². The van der Waals surface area contributed by atoms with E-state index in [4.69, 9.17) is 11.5 Å². The number of nitrogens with zero attached hydrogens (tertiary/aromatic N) is 2. The van der Waals surface area contributed by atoms with E-state index >= 15 is 0 Å². The molecule has 0 bridgehead atoms. The molecule has 0 fully saturated rings. The van der Waals surface area contributed by atoms with Crippen LogP contribution < -0.4 is 16.8 Å². The molecule has 0 spiro atoms. The highest BCUT2D eigenvalue weighted by molar-refractivity contribution is 6.10. The predicted octanol–water partition coefficient (Wildman–Crippen LogP) is 10.7. The van der Waals surface area contributed by atoms with Crippen LogP contribution in [0.5, 0.6) is 0 Å². The number of para-hydroxylation sites is 2. The van der Waals surface area contributed by atoms with E-state index in [1.165, 1.54) is 77.5 Å². The topological polar surface area (TPSA) is 78.5 Å². The van der Waals surface area contributed by atoms with E-state index in [0.29, 0.717) is 0 Å². The highest BCUT2D eigenvalue weighted by atomic mass is 15.1. The van der Waals surface area contributed by atoms with Crippen molar-refractivity contribution in [2.24, 2.45) is 11.5 Å². The van der Waals surface area contributed by atoms with Crippen molar-refractivity contribution < 1.29 is 5.32 Å². The normalized spacial score (nSPS) is 16.5. The first-order valence-electron chi connectivity index (χ1n) is 19.3. The maximum Gasteiger partial charge on any atom is 0.222 e. The Balaban J connectivity index is 1.13. The van der Waals surface area contributed by atoms with Gasteiger partial charge in [-0.3, -0.25) is 9.88 Å². The Kier molecular flexibility index (Phi) is 7.80. The summed E-state index contributed by atoms with van der Waals surface area (Å²) in [6.45, 7) is 4.18. The van der Waals surface area contributed by atoms with Crippen molar-refractivity contribution in [1.82, 2.24) is 9.13 Å². The second-order valence-corrected chi connectivity index (χ2v) is 14.5. The minimum atomic E-state index is -0.607. The maximum atomic E-state index is 6.15. The summed E-state index contributed by atoms with van der Waals surface area (Å²) in [7, 11) is 0. The lowest BCUT2D eigenvalue weighted by atomic mass is 9.66. The van der Waals surface area contributed by atoms with Gasteiger partial charge in [-0.25, -0.2) is 0 Å². The number of quaternary nitrogens is 1. The number of aromatic nitrogens is 2. The first-order chi connectivity index (χ1) is 27.6. The smallest absolute Gasteiger partial charge is 0.222 e. The molecule has 1 aliphatic carbocycles. The Hall–Kier alpha value is -7.08. The summed E-state index contributed by atoms with van der Waals surface area (Å²) in [5.41, 5.74) is 28.2. The molecule has 0 atom stereocenters. The van der Waals surface area contributed by atoms with E-state index in [-0.39, 0.29) is 0 Å². The highest BCUT2D eigenvalue weighted by Crippen LogP contribution is 2.59. The summed E-state index contributed by atoms with van der Waals surface area (Å²) in [5.74, 6) is 1.19. The molecule has 270 valence electrons. The van der Waals surface area contributed by atoms with Gasteiger partial charge >= 0.3 is 0 Å². The van der Waals surface area contributed by atoms with Crippen molar-refractivity contribution in [2.45, 2.75) is 19.3 Å². The van der Waals surface area contributed by atoms with E-state index in [9.17, 15) is 0 Å². The van der Waals surface area contributed by atoms with Gasteiger partial charge in [0.05, 0.1) is 39.4 Å². The molecule has 10 rings (SSSR count). The average molecular weight is 725 g/mol. The first kappa shape index (κ1) is 33.5. The highest BCUT2D eigenvalue weighted by Gasteiger charge is 2.48. The number of hydrogen-bond donors (Lipinski definition) is 3. The number of nitrogens with two attached hydrogens (primary N) is 3. The number of hydrogen-bond acceptors (Lipinski definition) is 2. The lowest BCUT2D eigenvalue weighted by Crippen LogP contribution is -2.70. The van der Waals surface area contributed by atoms with E-state index in [1.54, 1.807) is 12.4 Å². The molecule has 0 amide bonds. The van der Waals surface area contributed by atoms with Crippen LogP contribution in [0, 0.1) is 0 Å². The molecular weight excluding hydrogens is 683 g/mol. The maximum absolute atomic E-state index is 6.15. The summed E-state index contributed by atoms with van der Waals surface area (Å²) < 4.78 is 4.82. The molecule has 0 radical (unpaired) electrons. The third-order valence-electron chi connectivity index (χ3n) is 11.9. The van der Waals surface area contributed by atoms with Crippen LogP contribution >= 0.6 is 0 Å². The number of benzene rings is 6. The van der Waals surface area contributed by atoms with Crippen LogP contribution in [0.1, 0.15) is 30.5 Å². The minimum absolute atomic E-state index is 0.607. The molecule has 56 heavy (non-hydrogen) atoms. The Morgan fingerprint density at radius 1 is 0.571 bits per heavy atom. The quantitative estimate of drug-likeness (QED) is 0.143. The van der Waals surface area contributed by atoms with E-state index in [2.05, 4.69) is 186 Å². The molecule has 5 nitrogen and oxygen atoms in total. The fraction of sp³-hybridized carbons (Fsp3) is 0.0588. The summed E-state index contributed by atoms with van der Waals surface area (Å²) in [4.78, 5) is 0. The zero-order valence-electron chi connectivity index (χ0n) is 31.4. The molecule has 0 saturated heterocycles. The molecule has 2 aromatic heterocycles. The molecule has 0 saturated carbocycles. The Labute approximate surface area is 326 Å². The van der Waals surface area contributed by atoms with Crippen LogP contribution in [0.25, 0.3) is 72.4 Å². The van der Waals surface area contributed by atoms with Crippen LogP contribution in [0.15, 0.2) is 188 Å². The fourth-order valence-corrected chi connectivity index (χ4v) is 9.70. The lowest BCUT2D eigenvalue weighted by molar-refractivity contribution is -0.496. The van der Waals surface area contributed by atoms with Crippen molar-refractivity contribution in [2.75, 3.05) is 0 Å². The van der Waals surface area contributed by atoms with Gasteiger partial charge in [0.2, 0.25) is 5.82 Å². The summed E-state index contributed by atoms with van der Waals surface area (Å²) >= 11 is 0. The van der Waals surface area contributed by atoms with E-state index in [0.717, 1.165) is 22.5 Å². The van der Waals surface area contributed by atoms with Crippen LogP contribution in [-0.2, 0) is 5.41 Å². The standard InChI is InChI=1S/C51H41N5/c1-3-35(27-30-52)51(36(4-2)28-31-53)44-14-8-5-13-43(44)48-45(51)26-25-41-42-29-32-54-50(42)56(49(41)48)38-23-19-34(20-24-38)33-17-21-37(22-18-33)55-46-15-9-6-11-39(46)40-12-7-10-16-47(40)55/h3-32,54H,52-53H2,1-2H3/p+1. The van der Waals surface area contributed by atoms with Crippen LogP contribution in [-0.4, -0.2) is 9.13 Å². The fourth-order valence-electron chi connectivity index (χ4n) is 9.70. The number of rotatable bonds is 7. The van der Waals surface area contributed by atoms with Crippen molar-refractivity contribution >= 4 is 44.6 Å². The van der Waals surface area contributed by atoms with Gasteiger partial charge < -0.3 is 16.0 Å². The van der Waals surface area contributed by atoms with Crippen molar-refractivity contribution in [3.8, 4) is 33.6 Å². The third-order valence-corrected chi connectivity index (χ3v) is 11.9. The lowest BCUT2D eigenvalue weighted by Gasteiger charge is -2.35. The van der Waals surface area contributed by atoms with Crippen LogP contribution in [0.2, 0.25) is 0 Å². The summed E-state index contributed by atoms with van der Waals surface area (Å²) in [6.07, 6.45) is 16.1. The first-order valence-corrected chi connectivity index (χ1v) is 19.3. The number of fused-ring (bicyclic) bond motifs is 10. The Morgan fingerprint density at radius 3 is 1.71 bits per heavy atom. The van der Waals surface area contributed by atoms with Gasteiger partial charge in [-0.1, -0.05) is 109 Å². The largest absolute Gasteiger partial charge is 0.405 e. The van der Waals surface area contributed by atoms with Crippen molar-refractivity contribution in [3.63, 3.8) is 0 Å². The third kappa shape index (κ3) is 4.58. The van der Waals surface area contributed by atoms with E-state index in [1.807, 2.05) is 12.2 Å². The monoisotopic (exact) mass is 724 g/mol. The average Bonchev–Trinajstić information content (AvgIpc) is 4.01. The molecule has 5 heteroatoms. The van der Waals surface area contributed by atoms with Gasteiger partial charge in [-0.05, 0) is 114 Å². The van der Waals surface area contributed by atoms with Gasteiger partial charge in [-0.2, -0.15) is 0 Å². The second kappa shape index (κ2) is 13.0. The van der Waals surface area contributed by atoms with Crippen molar-refractivity contribution in [3.05, 3.63) is 204 Å². The molecule has 6 N–H and O–H groups in total. The van der Waals surface area contributed by atoms with Crippen LogP contribution in [0.3, 0.4) is 0 Å². The van der Waals surface area contributed by atoms with Crippen molar-refractivity contribution in [1.29, 1.82) is 0 Å². The molecular formula is C51H42N5+. The zero-order chi connectivity index (χ0) is 38.0. The molecule has 2 aliphatic rings. The molecule has 8 aromatic rings. The molecule has 6 aromatic carbocycles. The van der Waals surface area contributed by atoms with Gasteiger partial charge in [0, 0.05) is 33.5 Å². The summed E-state index contributed by atoms with van der Waals surface area (Å²) in [6, 6.07) is 48.7. The molecule has 0 unspecified atom stereocenters. The SMILES string of the molecule is CC=C(C=CN)C1(C(C=CN)=CC)c2ccccc2-c2c1ccc1c3c(n(-c4ccc(-c5ccc(-n6c7ccccc7c7ccccc76)cc5)cc4)c21)[NH2+]C=C3. The van der Waals surface area contributed by atoms with Gasteiger partial charge in [0.1, 0.15) is 0 Å². The predicted molar refractivity (Wildman–Crippen MR) is 234 cm³/mol. The minimum Gasteiger partial charge on any atom is -0.405 e. The van der Waals surface area contributed by atoms with Gasteiger partial charge in [0.15, 0.2) is 0 Å². The molecule has 3 heterocycles. The second-order valence-electron chi connectivity index (χ2n) is 14.5. The molecule has 1 aliphatic heterocycles. The zero-order valence-corrected chi connectivity index (χ0v) is 31.4. The van der Waals surface area contributed by atoms with Gasteiger partial charge in [-0.15, -0.1) is 0 Å². The Morgan fingerprint density at radius 2 is 1.12 bits per heavy atom. The number of allylic oxidation sites excluding steroid dienone is 6.